The first-order chi connectivity index (χ1) is 10.0. The maximum Gasteiger partial charge on any atom is 0.287 e. The predicted molar refractivity (Wildman–Crippen MR) is 81.7 cm³/mol. The molecule has 2 rings (SSSR count). The zero-order chi connectivity index (χ0) is 15.2. The normalized spacial score (nSPS) is 10.1. The van der Waals surface area contributed by atoms with Crippen LogP contribution in [0.15, 0.2) is 47.6 Å². The van der Waals surface area contributed by atoms with Gasteiger partial charge in [-0.15, -0.1) is 0 Å². The molecular formula is C13H10ClN3O3S. The fourth-order valence-electron chi connectivity index (χ4n) is 1.47. The van der Waals surface area contributed by atoms with Gasteiger partial charge in [-0.1, -0.05) is 29.4 Å². The van der Waals surface area contributed by atoms with Crippen LogP contribution in [0.25, 0.3) is 0 Å². The first-order valence-corrected chi connectivity index (χ1v) is 7.19. The summed E-state index contributed by atoms with van der Waals surface area (Å²) in [7, 11) is 0. The molecule has 0 saturated heterocycles. The number of rotatable bonds is 5. The molecule has 0 fully saturated rings. The minimum absolute atomic E-state index is 0.0808. The summed E-state index contributed by atoms with van der Waals surface area (Å²) in [5.41, 5.74) is 0.535. The molecule has 0 aliphatic rings. The van der Waals surface area contributed by atoms with Crippen LogP contribution < -0.4 is 5.32 Å². The molecule has 1 aromatic carbocycles. The van der Waals surface area contributed by atoms with E-state index in [1.165, 1.54) is 23.9 Å². The monoisotopic (exact) mass is 323 g/mol. The smallest absolute Gasteiger partial charge is 0.287 e. The Morgan fingerprint density at radius 3 is 2.81 bits per heavy atom. The van der Waals surface area contributed by atoms with Crippen LogP contribution in [-0.2, 0) is 4.79 Å². The first kappa shape index (κ1) is 15.3. The number of hydrogen-bond donors (Lipinski definition) is 1. The van der Waals surface area contributed by atoms with Crippen LogP contribution in [0.1, 0.15) is 0 Å². The number of benzene rings is 1. The highest BCUT2D eigenvalue weighted by Gasteiger charge is 2.08. The van der Waals surface area contributed by atoms with Gasteiger partial charge in [-0.05, 0) is 24.3 Å². The molecule has 1 N–H and O–H groups in total. The molecule has 1 amide bonds. The Kier molecular flexibility index (Phi) is 5.13. The summed E-state index contributed by atoms with van der Waals surface area (Å²) >= 11 is 7.01. The lowest BCUT2D eigenvalue weighted by Gasteiger charge is -2.05. The highest BCUT2D eigenvalue weighted by Crippen LogP contribution is 2.19. The van der Waals surface area contributed by atoms with Gasteiger partial charge < -0.3 is 5.32 Å². The summed E-state index contributed by atoms with van der Waals surface area (Å²) in [6, 6.07) is 9.70. The summed E-state index contributed by atoms with van der Waals surface area (Å²) in [4.78, 5) is 25.6. The van der Waals surface area contributed by atoms with Crippen molar-refractivity contribution in [3.05, 3.63) is 57.7 Å². The topological polar surface area (TPSA) is 85.1 Å². The molecule has 0 bridgehead atoms. The Hall–Kier alpha value is -2.12. The number of carbonyl (C=O) groups is 1. The molecule has 21 heavy (non-hydrogen) atoms. The minimum Gasteiger partial charge on any atom is -0.325 e. The maximum atomic E-state index is 11.8. The molecular weight excluding hydrogens is 314 g/mol. The van der Waals surface area contributed by atoms with E-state index in [2.05, 4.69) is 10.3 Å². The van der Waals surface area contributed by atoms with Gasteiger partial charge in [0.2, 0.25) is 5.91 Å². The number of thioether (sulfide) groups is 1. The molecule has 0 aliphatic heterocycles. The molecule has 0 unspecified atom stereocenters. The average Bonchev–Trinajstić information content (AvgIpc) is 2.45. The van der Waals surface area contributed by atoms with Crippen LogP contribution in [-0.4, -0.2) is 21.6 Å². The van der Waals surface area contributed by atoms with Crippen molar-refractivity contribution >= 4 is 40.6 Å². The number of nitrogens with one attached hydrogen (secondary N) is 1. The maximum absolute atomic E-state index is 11.8. The number of hydrogen-bond acceptors (Lipinski definition) is 5. The van der Waals surface area contributed by atoms with Gasteiger partial charge in [-0.2, -0.15) is 0 Å². The number of aromatic nitrogens is 1. The van der Waals surface area contributed by atoms with Crippen molar-refractivity contribution in [3.8, 4) is 0 Å². The number of anilines is 1. The minimum atomic E-state index is -0.521. The van der Waals surface area contributed by atoms with Crippen molar-refractivity contribution in [1.82, 2.24) is 4.98 Å². The van der Waals surface area contributed by atoms with E-state index in [0.29, 0.717) is 15.7 Å². The van der Waals surface area contributed by atoms with E-state index >= 15 is 0 Å². The lowest BCUT2D eigenvalue weighted by atomic mass is 10.3. The molecule has 0 spiro atoms. The number of nitro groups is 1. The van der Waals surface area contributed by atoms with E-state index in [9.17, 15) is 14.9 Å². The molecule has 0 aliphatic carbocycles. The predicted octanol–water partition coefficient (Wildman–Crippen LogP) is 3.37. The van der Waals surface area contributed by atoms with Crippen molar-refractivity contribution in [2.45, 2.75) is 5.03 Å². The van der Waals surface area contributed by atoms with E-state index in [4.69, 9.17) is 11.6 Å². The second-order valence-electron chi connectivity index (χ2n) is 3.96. The van der Waals surface area contributed by atoms with E-state index < -0.39 is 4.92 Å². The Morgan fingerprint density at radius 2 is 2.19 bits per heavy atom. The van der Waals surface area contributed by atoms with Crippen molar-refractivity contribution in [2.75, 3.05) is 11.1 Å². The third-order valence-corrected chi connectivity index (χ3v) is 3.57. The second-order valence-corrected chi connectivity index (χ2v) is 5.39. The summed E-state index contributed by atoms with van der Waals surface area (Å²) in [5, 5.41) is 14.3. The van der Waals surface area contributed by atoms with Crippen LogP contribution in [0.4, 0.5) is 11.4 Å². The van der Waals surface area contributed by atoms with Crippen molar-refractivity contribution in [3.63, 3.8) is 0 Å². The Labute approximate surface area is 129 Å². The first-order valence-electron chi connectivity index (χ1n) is 5.83. The van der Waals surface area contributed by atoms with Gasteiger partial charge in [0, 0.05) is 16.8 Å². The third kappa shape index (κ3) is 4.73. The number of halogens is 1. The molecule has 0 saturated carbocycles. The van der Waals surface area contributed by atoms with Crippen LogP contribution in [0.3, 0.4) is 0 Å². The molecule has 1 aromatic heterocycles. The van der Waals surface area contributed by atoms with Gasteiger partial charge in [0.05, 0.1) is 15.7 Å². The quantitative estimate of drug-likeness (QED) is 0.518. The summed E-state index contributed by atoms with van der Waals surface area (Å²) in [5.74, 6) is -0.0560. The van der Waals surface area contributed by atoms with Gasteiger partial charge in [0.1, 0.15) is 6.20 Å². The molecule has 0 radical (unpaired) electrons. The van der Waals surface area contributed by atoms with Gasteiger partial charge in [0.25, 0.3) is 5.69 Å². The SMILES string of the molecule is O=C(CSc1ccc([N+](=O)[O-])cn1)Nc1cccc(Cl)c1. The molecule has 6 nitrogen and oxygen atoms in total. The molecule has 1 heterocycles. The fourth-order valence-corrected chi connectivity index (χ4v) is 2.30. The Balaban J connectivity index is 1.87. The van der Waals surface area contributed by atoms with Gasteiger partial charge in [-0.25, -0.2) is 4.98 Å². The van der Waals surface area contributed by atoms with Gasteiger partial charge in [-0.3, -0.25) is 14.9 Å². The van der Waals surface area contributed by atoms with Crippen molar-refractivity contribution < 1.29 is 9.72 Å². The Morgan fingerprint density at radius 1 is 1.38 bits per heavy atom. The van der Waals surface area contributed by atoms with Crippen molar-refractivity contribution in [2.24, 2.45) is 0 Å². The Bertz CT molecular complexity index is 664. The van der Waals surface area contributed by atoms with E-state index in [-0.39, 0.29) is 17.3 Å². The highest BCUT2D eigenvalue weighted by atomic mass is 35.5. The van der Waals surface area contributed by atoms with Crippen LogP contribution in [0.5, 0.6) is 0 Å². The molecule has 108 valence electrons. The van der Waals surface area contributed by atoms with E-state index in [1.807, 2.05) is 0 Å². The third-order valence-electron chi connectivity index (χ3n) is 2.39. The lowest BCUT2D eigenvalue weighted by Crippen LogP contribution is -2.14. The highest BCUT2D eigenvalue weighted by molar-refractivity contribution is 7.99. The number of nitrogens with zero attached hydrogens (tertiary/aromatic N) is 2. The molecule has 8 heteroatoms. The van der Waals surface area contributed by atoms with Gasteiger partial charge >= 0.3 is 0 Å². The van der Waals surface area contributed by atoms with E-state index in [1.54, 1.807) is 24.3 Å². The van der Waals surface area contributed by atoms with Gasteiger partial charge in [0.15, 0.2) is 0 Å². The van der Waals surface area contributed by atoms with Crippen molar-refractivity contribution in [1.29, 1.82) is 0 Å². The fraction of sp³-hybridized carbons (Fsp3) is 0.0769. The largest absolute Gasteiger partial charge is 0.325 e. The standard InChI is InChI=1S/C13H10ClN3O3S/c14-9-2-1-3-10(6-9)16-12(18)8-21-13-5-4-11(7-15-13)17(19)20/h1-7H,8H2,(H,16,18). The summed E-state index contributed by atoms with van der Waals surface area (Å²) in [6.45, 7) is 0. The van der Waals surface area contributed by atoms with Crippen LogP contribution in [0, 0.1) is 10.1 Å². The lowest BCUT2D eigenvalue weighted by molar-refractivity contribution is -0.385. The number of amides is 1. The van der Waals surface area contributed by atoms with Crippen LogP contribution >= 0.6 is 23.4 Å². The summed E-state index contributed by atoms with van der Waals surface area (Å²) < 4.78 is 0. The molecule has 2 aromatic rings. The second kappa shape index (κ2) is 7.05. The zero-order valence-electron chi connectivity index (χ0n) is 10.7. The summed E-state index contributed by atoms with van der Waals surface area (Å²) in [6.07, 6.45) is 1.16. The average molecular weight is 324 g/mol. The zero-order valence-corrected chi connectivity index (χ0v) is 12.2. The number of carbonyl (C=O) groups excluding carboxylic acids is 1. The number of pyridine rings is 1. The van der Waals surface area contributed by atoms with E-state index in [0.717, 1.165) is 6.20 Å². The van der Waals surface area contributed by atoms with Crippen LogP contribution in [0.2, 0.25) is 5.02 Å². The molecule has 0 atom stereocenters.